The van der Waals surface area contributed by atoms with E-state index in [1.807, 2.05) is 0 Å². The topological polar surface area (TPSA) is 3.24 Å². The molecule has 0 N–H and O–H groups in total. The van der Waals surface area contributed by atoms with E-state index in [0.717, 1.165) is 17.1 Å². The number of fused-ring (bicyclic) bond motifs is 21. The number of hydrogen-bond donors (Lipinski definition) is 0. The second-order valence-corrected chi connectivity index (χ2v) is 20.2. The summed E-state index contributed by atoms with van der Waals surface area (Å²) in [6.07, 6.45) is 0. The van der Waals surface area contributed by atoms with Gasteiger partial charge >= 0.3 is 0 Å². The second kappa shape index (κ2) is 15.1. The molecule has 0 fully saturated rings. The van der Waals surface area contributed by atoms with Gasteiger partial charge in [-0.2, -0.15) is 0 Å². The van der Waals surface area contributed by atoms with Gasteiger partial charge in [0, 0.05) is 16.8 Å². The fraction of sp³-hybridized carbons (Fsp3) is 0.0278. The predicted octanol–water partition coefficient (Wildman–Crippen LogP) is 18.3. The van der Waals surface area contributed by atoms with Crippen molar-refractivity contribution in [2.75, 3.05) is 4.90 Å². The van der Waals surface area contributed by atoms with Gasteiger partial charge < -0.3 is 4.90 Å². The molecule has 1 nitrogen and oxygen atoms in total. The summed E-state index contributed by atoms with van der Waals surface area (Å²) in [7, 11) is 0. The maximum absolute atomic E-state index is 2.62. The molecule has 4 aliphatic rings. The quantitative estimate of drug-likeness (QED) is 0.166. The Morgan fingerprint density at radius 1 is 0.233 bits per heavy atom. The monoisotopic (exact) mass is 923 g/mol. The zero-order chi connectivity index (χ0) is 47.8. The van der Waals surface area contributed by atoms with Crippen molar-refractivity contribution < 1.29 is 0 Å². The Labute approximate surface area is 425 Å². The zero-order valence-electron chi connectivity index (χ0n) is 39.9. The molecule has 2 spiro atoms. The van der Waals surface area contributed by atoms with Crippen LogP contribution in [0.2, 0.25) is 0 Å². The van der Waals surface area contributed by atoms with E-state index in [-0.39, 0.29) is 0 Å². The molecule has 12 aromatic carbocycles. The van der Waals surface area contributed by atoms with Gasteiger partial charge in [-0.3, -0.25) is 0 Å². The summed E-state index contributed by atoms with van der Waals surface area (Å²) in [6, 6.07) is 103. The first kappa shape index (κ1) is 40.4. The van der Waals surface area contributed by atoms with Crippen LogP contribution in [0.5, 0.6) is 0 Å². The van der Waals surface area contributed by atoms with Crippen LogP contribution in [0.4, 0.5) is 17.1 Å². The molecule has 0 atom stereocenters. The summed E-state index contributed by atoms with van der Waals surface area (Å²) in [4.78, 5) is 2.62. The molecule has 1 heteroatoms. The molecule has 73 heavy (non-hydrogen) atoms. The lowest BCUT2D eigenvalue weighted by molar-refractivity contribution is 0.793. The molecule has 0 amide bonds. The Morgan fingerprint density at radius 3 is 1.22 bits per heavy atom. The molecule has 4 aliphatic carbocycles. The van der Waals surface area contributed by atoms with Crippen LogP contribution in [0.1, 0.15) is 44.5 Å². The minimum atomic E-state index is -0.507. The molecular weight excluding hydrogens is 879 g/mol. The van der Waals surface area contributed by atoms with Crippen molar-refractivity contribution in [2.24, 2.45) is 0 Å². The molecule has 0 heterocycles. The van der Waals surface area contributed by atoms with E-state index < -0.39 is 10.8 Å². The third kappa shape index (κ3) is 5.25. The molecule has 12 aromatic rings. The Hall–Kier alpha value is -9.30. The summed E-state index contributed by atoms with van der Waals surface area (Å²) in [5.74, 6) is 0. The van der Waals surface area contributed by atoms with Crippen molar-refractivity contribution in [1.29, 1.82) is 0 Å². The van der Waals surface area contributed by atoms with Gasteiger partial charge in [-0.15, -0.1) is 0 Å². The van der Waals surface area contributed by atoms with E-state index in [4.69, 9.17) is 0 Å². The predicted molar refractivity (Wildman–Crippen MR) is 302 cm³/mol. The Balaban J connectivity index is 1.02. The molecule has 16 rings (SSSR count). The Morgan fingerprint density at radius 2 is 0.644 bits per heavy atom. The summed E-state index contributed by atoms with van der Waals surface area (Å²) < 4.78 is 0. The van der Waals surface area contributed by atoms with Crippen molar-refractivity contribution in [3.8, 4) is 66.8 Å². The lowest BCUT2D eigenvalue weighted by Gasteiger charge is -2.34. The lowest BCUT2D eigenvalue weighted by atomic mass is 9.70. The van der Waals surface area contributed by atoms with Crippen molar-refractivity contribution in [2.45, 2.75) is 10.8 Å². The molecule has 0 unspecified atom stereocenters. The number of anilines is 3. The number of rotatable bonds is 5. The maximum atomic E-state index is 2.62. The molecule has 0 aromatic heterocycles. The standard InChI is InChI=1S/C72H45N/c1-2-19-46(20-3-1)47-37-39-49(40-38-47)69-51-22-5-4-21-48(51)41-44-68(69)73(50-42-43-57-56-27-10-16-33-63(56)72(66(57)45-50)61-31-14-8-25-54(61)55-26-9-15-32-62(55)72)67-36-18-35-65-70(67)58-28-11-17-34-64(58)71(65)59-29-12-6-23-52(59)53-24-7-13-30-60(53)71/h1-45H. The van der Waals surface area contributed by atoms with Gasteiger partial charge in [0.1, 0.15) is 0 Å². The average molecular weight is 924 g/mol. The van der Waals surface area contributed by atoms with Crippen molar-refractivity contribution >= 4 is 27.8 Å². The van der Waals surface area contributed by atoms with Crippen LogP contribution in [-0.4, -0.2) is 0 Å². The highest BCUT2D eigenvalue weighted by Gasteiger charge is 2.54. The van der Waals surface area contributed by atoms with E-state index >= 15 is 0 Å². The van der Waals surface area contributed by atoms with E-state index in [1.54, 1.807) is 0 Å². The van der Waals surface area contributed by atoms with Gasteiger partial charge in [-0.25, -0.2) is 0 Å². The van der Waals surface area contributed by atoms with Crippen LogP contribution in [0.25, 0.3) is 77.5 Å². The SMILES string of the molecule is c1ccc(-c2ccc(-c3c(N(c4ccc5c(c4)C4(c6ccccc6-c6ccccc64)c4ccccc4-5)c4cccc5c4-c4ccccc4C54c5ccccc5-c5ccccc54)ccc4ccccc34)cc2)cc1. The normalized spacial score (nSPS) is 14.0. The van der Waals surface area contributed by atoms with E-state index in [2.05, 4.69) is 278 Å². The van der Waals surface area contributed by atoms with Gasteiger partial charge in [-0.1, -0.05) is 249 Å². The average Bonchev–Trinajstić information content (AvgIpc) is 4.16. The summed E-state index contributed by atoms with van der Waals surface area (Å²) in [5, 5.41) is 2.42. The van der Waals surface area contributed by atoms with Gasteiger partial charge in [0.2, 0.25) is 0 Å². The molecule has 0 saturated heterocycles. The second-order valence-electron chi connectivity index (χ2n) is 20.2. The van der Waals surface area contributed by atoms with Crippen LogP contribution in [0, 0.1) is 0 Å². The molecule has 0 aliphatic heterocycles. The van der Waals surface area contributed by atoms with E-state index in [1.165, 1.54) is 122 Å². The number of nitrogens with zero attached hydrogens (tertiary/aromatic N) is 1. The zero-order valence-corrected chi connectivity index (χ0v) is 39.9. The van der Waals surface area contributed by atoms with Gasteiger partial charge in [0.25, 0.3) is 0 Å². The molecule has 0 radical (unpaired) electrons. The highest BCUT2D eigenvalue weighted by molar-refractivity contribution is 6.09. The third-order valence-electron chi connectivity index (χ3n) is 16.9. The van der Waals surface area contributed by atoms with Gasteiger partial charge in [-0.05, 0) is 135 Å². The lowest BCUT2D eigenvalue weighted by Crippen LogP contribution is -2.26. The third-order valence-corrected chi connectivity index (χ3v) is 16.9. The fourth-order valence-electron chi connectivity index (χ4n) is 14.2. The van der Waals surface area contributed by atoms with Crippen LogP contribution >= 0.6 is 0 Å². The van der Waals surface area contributed by atoms with E-state index in [0.29, 0.717) is 0 Å². The van der Waals surface area contributed by atoms with Gasteiger partial charge in [0.05, 0.1) is 22.2 Å². The van der Waals surface area contributed by atoms with Gasteiger partial charge in [0.15, 0.2) is 0 Å². The summed E-state index contributed by atoms with van der Waals surface area (Å²) >= 11 is 0. The van der Waals surface area contributed by atoms with E-state index in [9.17, 15) is 0 Å². The number of hydrogen-bond acceptors (Lipinski definition) is 1. The first-order valence-corrected chi connectivity index (χ1v) is 25.6. The minimum Gasteiger partial charge on any atom is -0.309 e. The van der Waals surface area contributed by atoms with Crippen molar-refractivity contribution in [3.63, 3.8) is 0 Å². The molecule has 338 valence electrons. The smallest absolute Gasteiger partial charge is 0.0726 e. The molecular formula is C72H45N. The van der Waals surface area contributed by atoms with Crippen LogP contribution < -0.4 is 4.90 Å². The summed E-state index contributed by atoms with van der Waals surface area (Å²) in [5.41, 5.74) is 28.1. The molecule has 0 bridgehead atoms. The molecule has 0 saturated carbocycles. The van der Waals surface area contributed by atoms with Crippen molar-refractivity contribution in [3.05, 3.63) is 317 Å². The first-order chi connectivity index (χ1) is 36.2. The highest BCUT2D eigenvalue weighted by atomic mass is 15.1. The maximum Gasteiger partial charge on any atom is 0.0726 e. The largest absolute Gasteiger partial charge is 0.309 e. The highest BCUT2D eigenvalue weighted by Crippen LogP contribution is 2.67. The first-order valence-electron chi connectivity index (χ1n) is 25.6. The Kier molecular flexibility index (Phi) is 8.37. The number of benzene rings is 12. The van der Waals surface area contributed by atoms with Crippen LogP contribution in [0.3, 0.4) is 0 Å². The summed E-state index contributed by atoms with van der Waals surface area (Å²) in [6.45, 7) is 0. The van der Waals surface area contributed by atoms with Crippen molar-refractivity contribution in [1.82, 2.24) is 0 Å². The fourth-order valence-corrected chi connectivity index (χ4v) is 14.2. The van der Waals surface area contributed by atoms with Crippen LogP contribution in [-0.2, 0) is 10.8 Å². The minimum absolute atomic E-state index is 0.499. The van der Waals surface area contributed by atoms with Crippen LogP contribution in [0.15, 0.2) is 273 Å². The Bertz CT molecular complexity index is 4160.